The van der Waals surface area contributed by atoms with Crippen LogP contribution in [-0.2, 0) is 23.7 Å². The van der Waals surface area contributed by atoms with Crippen LogP contribution in [0.5, 0.6) is 0 Å². The van der Waals surface area contributed by atoms with E-state index in [1.165, 1.54) is 18.2 Å². The number of hydrogen-bond donors (Lipinski definition) is 2. The molecule has 2 N–H and O–H groups in total. The Kier molecular flexibility index (Phi) is 8.66. The first-order valence-corrected chi connectivity index (χ1v) is 11.7. The van der Waals surface area contributed by atoms with Crippen molar-refractivity contribution in [2.45, 2.75) is 61.8 Å². The van der Waals surface area contributed by atoms with E-state index in [4.69, 9.17) is 55.7 Å². The first-order chi connectivity index (χ1) is 14.5. The van der Waals surface area contributed by atoms with Gasteiger partial charge >= 0.3 is 13.1 Å². The Morgan fingerprint density at radius 3 is 2.34 bits per heavy atom. The van der Waals surface area contributed by atoms with E-state index in [2.05, 4.69) is 10.6 Å². The average molecular weight is 528 g/mol. The second kappa shape index (κ2) is 10.1. The van der Waals surface area contributed by atoms with Crippen LogP contribution in [0.3, 0.4) is 0 Å². The zero-order valence-electron chi connectivity index (χ0n) is 18.5. The molecule has 0 bridgehead atoms. The van der Waals surface area contributed by atoms with Crippen LogP contribution in [0.4, 0.5) is 0 Å². The summed E-state index contributed by atoms with van der Waals surface area (Å²) < 4.78 is 8.13. The summed E-state index contributed by atoms with van der Waals surface area (Å²) in [4.78, 5) is 37.3. The highest BCUT2D eigenvalue weighted by Gasteiger charge is 2.50. The summed E-state index contributed by atoms with van der Waals surface area (Å²) in [5.74, 6) is -2.09. The normalized spacial score (nSPS) is 22.9. The van der Waals surface area contributed by atoms with Crippen molar-refractivity contribution >= 4 is 71.3 Å². The smallest absolute Gasteiger partial charge is 0.506 e. The molecule has 1 heterocycles. The van der Waals surface area contributed by atoms with E-state index >= 15 is 0 Å². The zero-order valence-corrected chi connectivity index (χ0v) is 21.5. The molecule has 1 fully saturated rings. The lowest BCUT2D eigenvalue weighted by Gasteiger charge is -2.27. The Morgan fingerprint density at radius 1 is 1.19 bits per heavy atom. The van der Waals surface area contributed by atoms with E-state index in [9.17, 15) is 14.4 Å². The maximum Gasteiger partial charge on any atom is 0.552 e. The minimum absolute atomic E-state index is 0.0964. The van der Waals surface area contributed by atoms with E-state index in [0.717, 1.165) is 0 Å². The van der Waals surface area contributed by atoms with Gasteiger partial charge in [-0.25, -0.2) is 0 Å². The number of halogens is 4. The molecular weight excluding hydrogens is 501 g/mol. The molecule has 1 saturated heterocycles. The molecule has 2 aliphatic rings. The zero-order chi connectivity index (χ0) is 24.5. The third-order valence-electron chi connectivity index (χ3n) is 4.77. The van der Waals surface area contributed by atoms with Gasteiger partial charge in [0.05, 0.1) is 18.1 Å². The molecule has 2 amide bonds. The molecule has 2 rings (SSSR count). The number of nitrogens with one attached hydrogen (secondary N) is 2. The second-order valence-corrected chi connectivity index (χ2v) is 12.2. The summed E-state index contributed by atoms with van der Waals surface area (Å²) in [7, 11) is -0.925. The van der Waals surface area contributed by atoms with Crippen LogP contribution < -0.4 is 10.6 Å². The number of alkyl halides is 4. The standard InChI is InChI=1S/C20H27BCl4N2O5/c1-11(2)8-13(21-31-15(17(30)32-21)18(3,4)5)27-14(28)10-26-16(29)12-9-19(22,23)6-7-20(12,24)25/h6-7,9,11,13,15H,8,10H2,1-5H3,(H,26,29)(H,27,28)/t13-,15+/m0/s1. The number of carbonyl (C=O) groups excluding carboxylic acids is 3. The monoisotopic (exact) mass is 526 g/mol. The molecule has 0 spiro atoms. The van der Waals surface area contributed by atoms with Crippen molar-refractivity contribution in [3.8, 4) is 0 Å². The molecule has 2 atom stereocenters. The van der Waals surface area contributed by atoms with Gasteiger partial charge in [0.15, 0.2) is 8.67 Å². The van der Waals surface area contributed by atoms with E-state index in [1.54, 1.807) is 0 Å². The average Bonchev–Trinajstić information content (AvgIpc) is 3.03. The summed E-state index contributed by atoms with van der Waals surface area (Å²) in [5, 5.41) is 5.22. The summed E-state index contributed by atoms with van der Waals surface area (Å²) >= 11 is 24.3. The van der Waals surface area contributed by atoms with E-state index < -0.39 is 51.0 Å². The fourth-order valence-corrected chi connectivity index (χ4v) is 4.00. The van der Waals surface area contributed by atoms with Gasteiger partial charge in [-0.15, -0.1) is 0 Å². The van der Waals surface area contributed by atoms with Crippen molar-refractivity contribution in [1.29, 1.82) is 0 Å². The predicted octanol–water partition coefficient (Wildman–Crippen LogP) is 3.49. The third-order valence-corrected chi connectivity index (χ3v) is 5.90. The molecule has 32 heavy (non-hydrogen) atoms. The van der Waals surface area contributed by atoms with Crippen LogP contribution in [0.15, 0.2) is 23.8 Å². The van der Waals surface area contributed by atoms with Gasteiger partial charge in [0.1, 0.15) is 6.10 Å². The van der Waals surface area contributed by atoms with Crippen LogP contribution in [0, 0.1) is 11.3 Å². The minimum Gasteiger partial charge on any atom is -0.506 e. The van der Waals surface area contributed by atoms with Crippen molar-refractivity contribution < 1.29 is 23.7 Å². The van der Waals surface area contributed by atoms with Gasteiger partial charge in [-0.3, -0.25) is 14.4 Å². The van der Waals surface area contributed by atoms with Crippen molar-refractivity contribution in [1.82, 2.24) is 10.6 Å². The minimum atomic E-state index is -1.64. The van der Waals surface area contributed by atoms with Crippen molar-refractivity contribution in [2.24, 2.45) is 11.3 Å². The topological polar surface area (TPSA) is 93.7 Å². The quantitative estimate of drug-likeness (QED) is 0.300. The van der Waals surface area contributed by atoms with E-state index in [-0.39, 0.29) is 18.0 Å². The molecule has 0 saturated carbocycles. The van der Waals surface area contributed by atoms with Gasteiger partial charge in [-0.2, -0.15) is 0 Å². The van der Waals surface area contributed by atoms with Gasteiger partial charge in [0, 0.05) is 0 Å². The molecule has 0 radical (unpaired) electrons. The van der Waals surface area contributed by atoms with Crippen molar-refractivity contribution in [3.05, 3.63) is 23.8 Å². The van der Waals surface area contributed by atoms with Crippen molar-refractivity contribution in [3.63, 3.8) is 0 Å². The maximum absolute atomic E-state index is 12.6. The number of allylic oxidation sites excluding steroid dienone is 3. The third kappa shape index (κ3) is 7.29. The predicted molar refractivity (Wildman–Crippen MR) is 127 cm³/mol. The largest absolute Gasteiger partial charge is 0.552 e. The Bertz CT molecular complexity index is 823. The van der Waals surface area contributed by atoms with Crippen LogP contribution in [-0.4, -0.2) is 52.2 Å². The van der Waals surface area contributed by atoms with Crippen LogP contribution in [0.25, 0.3) is 0 Å². The lowest BCUT2D eigenvalue weighted by atomic mass is 9.74. The first-order valence-electron chi connectivity index (χ1n) is 10.1. The lowest BCUT2D eigenvalue weighted by molar-refractivity contribution is -0.139. The van der Waals surface area contributed by atoms with Crippen LogP contribution in [0.1, 0.15) is 41.0 Å². The highest BCUT2D eigenvalue weighted by atomic mass is 35.5. The van der Waals surface area contributed by atoms with E-state index in [1.807, 2.05) is 34.6 Å². The van der Waals surface area contributed by atoms with Crippen LogP contribution >= 0.6 is 46.4 Å². The van der Waals surface area contributed by atoms with Crippen molar-refractivity contribution in [2.75, 3.05) is 6.54 Å². The van der Waals surface area contributed by atoms with Gasteiger partial charge in [-0.1, -0.05) is 81.0 Å². The van der Waals surface area contributed by atoms with Gasteiger partial charge in [0.2, 0.25) is 5.91 Å². The van der Waals surface area contributed by atoms with Gasteiger partial charge in [0.25, 0.3) is 5.91 Å². The van der Waals surface area contributed by atoms with E-state index in [0.29, 0.717) is 6.42 Å². The molecule has 178 valence electrons. The molecule has 0 unspecified atom stereocenters. The molecule has 0 aromatic heterocycles. The second-order valence-electron chi connectivity index (χ2n) is 9.36. The molecule has 1 aliphatic heterocycles. The Hall–Kier alpha value is -0.925. The lowest BCUT2D eigenvalue weighted by Crippen LogP contribution is -2.51. The summed E-state index contributed by atoms with van der Waals surface area (Å²) in [5.41, 5.74) is -0.551. The Morgan fingerprint density at radius 2 is 1.81 bits per heavy atom. The molecular formula is C20H27BCl4N2O5. The highest BCUT2D eigenvalue weighted by Crippen LogP contribution is 2.41. The summed E-state index contributed by atoms with van der Waals surface area (Å²) in [6.07, 6.45) is 3.61. The Balaban J connectivity index is 2.02. The molecule has 0 aromatic carbocycles. The first kappa shape index (κ1) is 27.3. The summed E-state index contributed by atoms with van der Waals surface area (Å²) in [6.45, 7) is 9.16. The Labute approximate surface area is 208 Å². The summed E-state index contributed by atoms with van der Waals surface area (Å²) in [6, 6.07) is 0. The fourth-order valence-electron chi connectivity index (χ4n) is 3.25. The number of rotatable bonds is 7. The molecule has 1 aliphatic carbocycles. The number of carbonyl (C=O) groups is 3. The fraction of sp³-hybridized carbons (Fsp3) is 0.650. The molecule has 0 aromatic rings. The highest BCUT2D eigenvalue weighted by molar-refractivity contribution is 6.56. The number of amides is 2. The SMILES string of the molecule is CC(C)C[C@H](NC(=O)CNC(=O)C1=CC(Cl)(Cl)C=CC1(Cl)Cl)B1OC(=O)[C@H](C(C)(C)C)O1. The van der Waals surface area contributed by atoms with Crippen LogP contribution in [0.2, 0.25) is 0 Å². The van der Waals surface area contributed by atoms with Gasteiger partial charge in [-0.05, 0) is 36.0 Å². The molecule has 7 nitrogen and oxygen atoms in total. The molecule has 12 heteroatoms. The number of hydrogen-bond acceptors (Lipinski definition) is 5. The maximum atomic E-state index is 12.6. The van der Waals surface area contributed by atoms with Gasteiger partial charge < -0.3 is 19.9 Å².